The maximum absolute atomic E-state index is 13.9. The van der Waals surface area contributed by atoms with Crippen LogP contribution in [-0.4, -0.2) is 36.5 Å². The molecule has 0 aromatic carbocycles. The molecule has 0 radical (unpaired) electrons. The Morgan fingerprint density at radius 3 is 2.46 bits per heavy atom. The molecule has 0 aromatic heterocycles. The molecule has 2 aliphatic carbocycles. The van der Waals surface area contributed by atoms with Crippen LogP contribution in [0.2, 0.25) is 0 Å². The maximum atomic E-state index is 13.9. The van der Waals surface area contributed by atoms with Gasteiger partial charge in [-0.15, -0.1) is 0 Å². The molecule has 0 spiro atoms. The van der Waals surface area contributed by atoms with Gasteiger partial charge in [-0.25, -0.2) is 8.42 Å². The van der Waals surface area contributed by atoms with Crippen molar-refractivity contribution in [3.05, 3.63) is 57.0 Å². The van der Waals surface area contributed by atoms with Crippen molar-refractivity contribution >= 4 is 21.6 Å². The molecule has 6 heteroatoms. The van der Waals surface area contributed by atoms with Gasteiger partial charge < -0.3 is 5.11 Å². The SMILES string of the molecule is CC1=C(S(=O)(=O)N2C(C3=CC=C(Cl)CC3)C(CO)=CC2C(C)(C)C)CCC=C1. The lowest BCUT2D eigenvalue weighted by atomic mass is 9.87. The molecule has 0 bridgehead atoms. The van der Waals surface area contributed by atoms with Crippen LogP contribution in [-0.2, 0) is 10.0 Å². The van der Waals surface area contributed by atoms with E-state index in [0.29, 0.717) is 24.2 Å². The number of sulfonamides is 1. The highest BCUT2D eigenvalue weighted by atomic mass is 35.5. The molecule has 4 nitrogen and oxygen atoms in total. The Balaban J connectivity index is 2.16. The minimum Gasteiger partial charge on any atom is -0.392 e. The summed E-state index contributed by atoms with van der Waals surface area (Å²) in [6.07, 6.45) is 12.3. The third-order valence-electron chi connectivity index (χ3n) is 5.74. The molecule has 2 atom stereocenters. The topological polar surface area (TPSA) is 57.6 Å². The molecule has 1 aliphatic heterocycles. The Morgan fingerprint density at radius 2 is 1.93 bits per heavy atom. The van der Waals surface area contributed by atoms with Crippen LogP contribution >= 0.6 is 11.6 Å². The first-order valence-corrected chi connectivity index (χ1v) is 11.7. The van der Waals surface area contributed by atoms with E-state index in [1.807, 2.05) is 58.1 Å². The minimum absolute atomic E-state index is 0.157. The first-order valence-electron chi connectivity index (χ1n) is 9.83. The van der Waals surface area contributed by atoms with E-state index in [2.05, 4.69) is 0 Å². The van der Waals surface area contributed by atoms with Gasteiger partial charge in [-0.05, 0) is 60.8 Å². The number of rotatable bonds is 4. The summed E-state index contributed by atoms with van der Waals surface area (Å²) >= 11 is 6.13. The summed E-state index contributed by atoms with van der Waals surface area (Å²) in [6, 6.07) is -0.774. The zero-order valence-electron chi connectivity index (χ0n) is 17.1. The quantitative estimate of drug-likeness (QED) is 0.660. The Morgan fingerprint density at radius 1 is 1.21 bits per heavy atom. The van der Waals surface area contributed by atoms with Crippen LogP contribution in [0.5, 0.6) is 0 Å². The fourth-order valence-corrected chi connectivity index (χ4v) is 6.72. The number of allylic oxidation sites excluding steroid dienone is 7. The summed E-state index contributed by atoms with van der Waals surface area (Å²) < 4.78 is 29.4. The highest BCUT2D eigenvalue weighted by Crippen LogP contribution is 2.44. The van der Waals surface area contributed by atoms with Crippen molar-refractivity contribution in [3.8, 4) is 0 Å². The van der Waals surface area contributed by atoms with Crippen molar-refractivity contribution in [1.29, 1.82) is 0 Å². The van der Waals surface area contributed by atoms with Crippen LogP contribution in [0.15, 0.2) is 57.0 Å². The third-order valence-corrected chi connectivity index (χ3v) is 8.20. The van der Waals surface area contributed by atoms with Gasteiger partial charge in [0.1, 0.15) is 0 Å². The van der Waals surface area contributed by atoms with E-state index < -0.39 is 16.1 Å². The number of hydrogen-bond donors (Lipinski definition) is 1. The van der Waals surface area contributed by atoms with Gasteiger partial charge in [0.25, 0.3) is 0 Å². The van der Waals surface area contributed by atoms with Crippen molar-refractivity contribution in [3.63, 3.8) is 0 Å². The summed E-state index contributed by atoms with van der Waals surface area (Å²) in [6.45, 7) is 7.84. The van der Waals surface area contributed by atoms with E-state index in [1.165, 1.54) is 0 Å². The van der Waals surface area contributed by atoms with Crippen LogP contribution in [0.25, 0.3) is 0 Å². The first kappa shape index (κ1) is 21.6. The summed E-state index contributed by atoms with van der Waals surface area (Å²) in [5.41, 5.74) is 2.25. The number of aliphatic hydroxyl groups is 1. The lowest BCUT2D eigenvalue weighted by Crippen LogP contribution is -2.49. The average Bonchev–Trinajstić information content (AvgIpc) is 3.03. The molecule has 0 saturated heterocycles. The third kappa shape index (κ3) is 3.95. The van der Waals surface area contributed by atoms with Gasteiger partial charge in [0.2, 0.25) is 10.0 Å². The van der Waals surface area contributed by atoms with Crippen LogP contribution < -0.4 is 0 Å². The number of aliphatic hydroxyl groups excluding tert-OH is 1. The highest BCUT2D eigenvalue weighted by molar-refractivity contribution is 7.93. The molecule has 0 fully saturated rings. The van der Waals surface area contributed by atoms with Crippen LogP contribution in [0.4, 0.5) is 0 Å². The number of halogens is 1. The van der Waals surface area contributed by atoms with E-state index in [9.17, 15) is 13.5 Å². The first-order chi connectivity index (χ1) is 13.1. The van der Waals surface area contributed by atoms with Crippen molar-refractivity contribution in [2.24, 2.45) is 5.41 Å². The highest BCUT2D eigenvalue weighted by Gasteiger charge is 2.48. The molecule has 2 unspecified atom stereocenters. The lowest BCUT2D eigenvalue weighted by Gasteiger charge is -2.39. The normalized spacial score (nSPS) is 27.0. The van der Waals surface area contributed by atoms with E-state index in [4.69, 9.17) is 11.6 Å². The Kier molecular flexibility index (Phi) is 6.12. The van der Waals surface area contributed by atoms with Crippen LogP contribution in [0, 0.1) is 5.41 Å². The molecule has 0 amide bonds. The molecule has 1 heterocycles. The molecular weight excluding hydrogens is 394 g/mol. The number of nitrogens with zero attached hydrogens (tertiary/aromatic N) is 1. The predicted octanol–water partition coefficient (Wildman–Crippen LogP) is 4.80. The number of hydrogen-bond acceptors (Lipinski definition) is 3. The van der Waals surface area contributed by atoms with Crippen LogP contribution in [0.1, 0.15) is 53.4 Å². The van der Waals surface area contributed by atoms with Crippen molar-refractivity contribution < 1.29 is 13.5 Å². The maximum Gasteiger partial charge on any atom is 0.240 e. The van der Waals surface area contributed by atoms with Crippen molar-refractivity contribution in [2.45, 2.75) is 65.5 Å². The van der Waals surface area contributed by atoms with Gasteiger partial charge in [-0.3, -0.25) is 0 Å². The van der Waals surface area contributed by atoms with E-state index in [0.717, 1.165) is 28.2 Å². The Labute approximate surface area is 174 Å². The predicted molar refractivity (Wildman–Crippen MR) is 115 cm³/mol. The largest absolute Gasteiger partial charge is 0.392 e. The molecule has 154 valence electrons. The second kappa shape index (κ2) is 7.94. The fourth-order valence-electron chi connectivity index (χ4n) is 4.23. The molecule has 3 rings (SSSR count). The second-order valence-corrected chi connectivity index (χ2v) is 11.2. The smallest absolute Gasteiger partial charge is 0.240 e. The average molecular weight is 424 g/mol. The van der Waals surface area contributed by atoms with E-state index in [1.54, 1.807) is 4.31 Å². The standard InChI is InChI=1S/C22H30ClNO3S/c1-15-7-5-6-8-19(15)28(26,27)24-20(22(2,3)4)13-17(14-25)21(24)16-9-11-18(23)12-10-16/h5,7,9,11,13,20-21,25H,6,8,10,12,14H2,1-4H3. The summed E-state index contributed by atoms with van der Waals surface area (Å²) in [7, 11) is -3.69. The molecule has 1 N–H and O–H groups in total. The van der Waals surface area contributed by atoms with E-state index >= 15 is 0 Å². The molecule has 28 heavy (non-hydrogen) atoms. The lowest BCUT2D eigenvalue weighted by molar-refractivity contribution is 0.216. The minimum atomic E-state index is -3.69. The molecular formula is C22H30ClNO3S. The summed E-state index contributed by atoms with van der Waals surface area (Å²) in [5.74, 6) is 0. The monoisotopic (exact) mass is 423 g/mol. The van der Waals surface area contributed by atoms with Gasteiger partial charge in [-0.2, -0.15) is 4.31 Å². The van der Waals surface area contributed by atoms with Gasteiger partial charge >= 0.3 is 0 Å². The molecule has 3 aliphatic rings. The van der Waals surface area contributed by atoms with Crippen molar-refractivity contribution in [1.82, 2.24) is 4.31 Å². The Bertz CT molecular complexity index is 901. The molecule has 0 saturated carbocycles. The van der Waals surface area contributed by atoms with Crippen molar-refractivity contribution in [2.75, 3.05) is 6.61 Å². The summed E-state index contributed by atoms with van der Waals surface area (Å²) in [5, 5.41) is 10.8. The fraction of sp³-hybridized carbons (Fsp3) is 0.545. The van der Waals surface area contributed by atoms with E-state index in [-0.39, 0.29) is 18.1 Å². The zero-order valence-corrected chi connectivity index (χ0v) is 18.6. The van der Waals surface area contributed by atoms with Gasteiger partial charge in [0, 0.05) is 11.1 Å². The van der Waals surface area contributed by atoms with Gasteiger partial charge in [0.05, 0.1) is 17.6 Å². The second-order valence-electron chi connectivity index (χ2n) is 8.85. The molecule has 0 aromatic rings. The van der Waals surface area contributed by atoms with Crippen LogP contribution in [0.3, 0.4) is 0 Å². The zero-order chi connectivity index (χ0) is 20.7. The Hall–Kier alpha value is -1.14. The summed E-state index contributed by atoms with van der Waals surface area (Å²) in [4.78, 5) is 0.492. The van der Waals surface area contributed by atoms with Gasteiger partial charge in [0.15, 0.2) is 0 Å². The van der Waals surface area contributed by atoms with Gasteiger partial charge in [-0.1, -0.05) is 56.7 Å².